The molecule has 7 nitrogen and oxygen atoms in total. The molecule has 0 bridgehead atoms. The third kappa shape index (κ3) is 6.51. The van der Waals surface area contributed by atoms with Crippen LogP contribution in [-0.2, 0) is 6.54 Å². The summed E-state index contributed by atoms with van der Waals surface area (Å²) in [5.74, 6) is 2.43. The molecule has 0 aromatic heterocycles. The number of piperazine rings is 1. The maximum absolute atomic E-state index is 10.5. The van der Waals surface area contributed by atoms with Crippen LogP contribution in [0.15, 0.2) is 23.2 Å². The Balaban J connectivity index is 1.95. The summed E-state index contributed by atoms with van der Waals surface area (Å²) in [6.07, 6.45) is 1.43. The summed E-state index contributed by atoms with van der Waals surface area (Å²) >= 11 is 0. The van der Waals surface area contributed by atoms with Crippen molar-refractivity contribution in [3.05, 3.63) is 23.8 Å². The van der Waals surface area contributed by atoms with Crippen LogP contribution in [0, 0.1) is 0 Å². The quantitative estimate of drug-likeness (QED) is 0.485. The highest BCUT2D eigenvalue weighted by atomic mass is 16.5. The summed E-state index contributed by atoms with van der Waals surface area (Å²) < 4.78 is 10.7. The number of nitrogens with zero attached hydrogens (tertiary/aromatic N) is 3. The van der Waals surface area contributed by atoms with Crippen molar-refractivity contribution in [3.63, 3.8) is 0 Å². The van der Waals surface area contributed by atoms with Gasteiger partial charge in [-0.15, -0.1) is 0 Å². The second kappa shape index (κ2) is 11.3. The molecule has 7 heteroatoms. The first-order valence-electron chi connectivity index (χ1n) is 10.7. The van der Waals surface area contributed by atoms with E-state index in [1.165, 1.54) is 5.56 Å². The van der Waals surface area contributed by atoms with Crippen LogP contribution in [0.25, 0.3) is 0 Å². The Labute approximate surface area is 175 Å². The molecule has 0 radical (unpaired) electrons. The van der Waals surface area contributed by atoms with Gasteiger partial charge in [0, 0.05) is 39.3 Å². The number of hydrogen-bond donors (Lipinski definition) is 2. The number of ether oxygens (including phenoxy) is 2. The van der Waals surface area contributed by atoms with Crippen LogP contribution in [0.2, 0.25) is 0 Å². The molecular formula is C22H38N4O3. The van der Waals surface area contributed by atoms with Crippen molar-refractivity contribution in [2.24, 2.45) is 4.99 Å². The van der Waals surface area contributed by atoms with Crippen molar-refractivity contribution in [3.8, 4) is 11.5 Å². The van der Waals surface area contributed by atoms with Crippen molar-refractivity contribution in [1.29, 1.82) is 0 Å². The number of hydrogen-bond acceptors (Lipinski definition) is 5. The largest absolute Gasteiger partial charge is 0.493 e. The zero-order chi connectivity index (χ0) is 21.3. The number of rotatable bonds is 9. The van der Waals surface area contributed by atoms with E-state index in [-0.39, 0.29) is 0 Å². The van der Waals surface area contributed by atoms with E-state index in [9.17, 15) is 5.11 Å². The van der Waals surface area contributed by atoms with E-state index in [0.717, 1.165) is 56.7 Å². The van der Waals surface area contributed by atoms with Gasteiger partial charge < -0.3 is 24.8 Å². The summed E-state index contributed by atoms with van der Waals surface area (Å²) in [6.45, 7) is 12.0. The number of benzene rings is 1. The number of aliphatic hydroxyl groups is 1. The SMILES string of the molecule is CCNC(=NCC(O)(CC)CC)N1CCN(Cc2ccc(OC)c(OC)c2)CC1. The van der Waals surface area contributed by atoms with Crippen molar-refractivity contribution in [2.75, 3.05) is 53.5 Å². The second-order valence-electron chi connectivity index (χ2n) is 7.55. The lowest BCUT2D eigenvalue weighted by Crippen LogP contribution is -2.52. The number of nitrogens with one attached hydrogen (secondary N) is 1. The number of aliphatic imine (C=N–C) groups is 1. The van der Waals surface area contributed by atoms with Gasteiger partial charge in [0.1, 0.15) is 0 Å². The lowest BCUT2D eigenvalue weighted by molar-refractivity contribution is 0.0414. The molecule has 1 heterocycles. The minimum atomic E-state index is -0.712. The lowest BCUT2D eigenvalue weighted by Gasteiger charge is -2.37. The highest BCUT2D eigenvalue weighted by Crippen LogP contribution is 2.28. The summed E-state index contributed by atoms with van der Waals surface area (Å²) in [4.78, 5) is 9.47. The molecule has 1 fully saturated rings. The highest BCUT2D eigenvalue weighted by Gasteiger charge is 2.24. The minimum absolute atomic E-state index is 0.439. The van der Waals surface area contributed by atoms with E-state index in [0.29, 0.717) is 19.4 Å². The summed E-state index contributed by atoms with van der Waals surface area (Å²) in [6, 6.07) is 6.10. The van der Waals surface area contributed by atoms with Gasteiger partial charge in [-0.05, 0) is 37.5 Å². The van der Waals surface area contributed by atoms with Gasteiger partial charge in [-0.2, -0.15) is 0 Å². The summed E-state index contributed by atoms with van der Waals surface area (Å²) in [5, 5.41) is 13.9. The Morgan fingerprint density at radius 2 is 1.72 bits per heavy atom. The lowest BCUT2D eigenvalue weighted by atomic mass is 9.98. The minimum Gasteiger partial charge on any atom is -0.493 e. The standard InChI is InChI=1S/C22H38N4O3/c1-6-22(27,7-2)17-24-21(23-8-3)26-13-11-25(12-14-26)16-18-9-10-19(28-4)20(15-18)29-5/h9-10,15,27H,6-8,11-14,16-17H2,1-5H3,(H,23,24). The molecule has 164 valence electrons. The van der Waals surface area contributed by atoms with E-state index in [2.05, 4.69) is 28.1 Å². The van der Waals surface area contributed by atoms with E-state index in [4.69, 9.17) is 14.5 Å². The van der Waals surface area contributed by atoms with Crippen LogP contribution in [0.3, 0.4) is 0 Å². The Bertz CT molecular complexity index is 653. The predicted molar refractivity (Wildman–Crippen MR) is 118 cm³/mol. The highest BCUT2D eigenvalue weighted by molar-refractivity contribution is 5.80. The molecule has 2 N–H and O–H groups in total. The normalized spacial score (nSPS) is 16.1. The van der Waals surface area contributed by atoms with Crippen LogP contribution < -0.4 is 14.8 Å². The molecule has 2 rings (SSSR count). The molecule has 1 aliphatic rings. The monoisotopic (exact) mass is 406 g/mol. The Hall–Kier alpha value is -1.99. The molecule has 1 aromatic carbocycles. The van der Waals surface area contributed by atoms with E-state index >= 15 is 0 Å². The molecule has 0 saturated carbocycles. The van der Waals surface area contributed by atoms with Crippen LogP contribution in [0.1, 0.15) is 39.2 Å². The van der Waals surface area contributed by atoms with E-state index in [1.807, 2.05) is 26.0 Å². The molecule has 0 atom stereocenters. The molecular weight excluding hydrogens is 368 g/mol. The number of guanidine groups is 1. The topological polar surface area (TPSA) is 69.6 Å². The smallest absolute Gasteiger partial charge is 0.194 e. The molecule has 0 spiro atoms. The summed E-state index contributed by atoms with van der Waals surface area (Å²) in [5.41, 5.74) is 0.503. The summed E-state index contributed by atoms with van der Waals surface area (Å²) in [7, 11) is 3.32. The fourth-order valence-corrected chi connectivity index (χ4v) is 3.48. The maximum Gasteiger partial charge on any atom is 0.194 e. The Morgan fingerprint density at radius 3 is 2.28 bits per heavy atom. The zero-order valence-electron chi connectivity index (χ0n) is 18.7. The molecule has 1 saturated heterocycles. The first-order valence-corrected chi connectivity index (χ1v) is 10.7. The van der Waals surface area contributed by atoms with Crippen LogP contribution in [0.4, 0.5) is 0 Å². The molecule has 0 aliphatic carbocycles. The average Bonchev–Trinajstić information content (AvgIpc) is 2.77. The molecule has 0 unspecified atom stereocenters. The Morgan fingerprint density at radius 1 is 1.07 bits per heavy atom. The van der Waals surface area contributed by atoms with Crippen LogP contribution in [0.5, 0.6) is 11.5 Å². The van der Waals surface area contributed by atoms with Crippen molar-refractivity contribution < 1.29 is 14.6 Å². The van der Waals surface area contributed by atoms with Gasteiger partial charge in [0.15, 0.2) is 17.5 Å². The average molecular weight is 407 g/mol. The molecule has 29 heavy (non-hydrogen) atoms. The molecule has 1 aromatic rings. The first-order chi connectivity index (χ1) is 14.0. The van der Waals surface area contributed by atoms with Crippen molar-refractivity contribution in [1.82, 2.24) is 15.1 Å². The van der Waals surface area contributed by atoms with Crippen LogP contribution in [-0.4, -0.2) is 80.0 Å². The fraction of sp³-hybridized carbons (Fsp3) is 0.682. The van der Waals surface area contributed by atoms with Crippen LogP contribution >= 0.6 is 0 Å². The van der Waals surface area contributed by atoms with Gasteiger partial charge in [-0.1, -0.05) is 19.9 Å². The second-order valence-corrected chi connectivity index (χ2v) is 7.55. The van der Waals surface area contributed by atoms with Crippen molar-refractivity contribution in [2.45, 2.75) is 45.8 Å². The van der Waals surface area contributed by atoms with Gasteiger partial charge in [0.2, 0.25) is 0 Å². The van der Waals surface area contributed by atoms with Gasteiger partial charge >= 0.3 is 0 Å². The maximum atomic E-state index is 10.5. The van der Waals surface area contributed by atoms with Crippen molar-refractivity contribution >= 4 is 5.96 Å². The van der Waals surface area contributed by atoms with Gasteiger partial charge in [0.05, 0.1) is 26.4 Å². The zero-order valence-corrected chi connectivity index (χ0v) is 18.7. The van der Waals surface area contributed by atoms with Gasteiger partial charge in [0.25, 0.3) is 0 Å². The Kier molecular flexibility index (Phi) is 9.04. The van der Waals surface area contributed by atoms with Gasteiger partial charge in [-0.25, -0.2) is 0 Å². The van der Waals surface area contributed by atoms with Gasteiger partial charge in [-0.3, -0.25) is 9.89 Å². The number of methoxy groups -OCH3 is 2. The van der Waals surface area contributed by atoms with E-state index in [1.54, 1.807) is 14.2 Å². The predicted octanol–water partition coefficient (Wildman–Crippen LogP) is 2.34. The molecule has 1 aliphatic heterocycles. The fourth-order valence-electron chi connectivity index (χ4n) is 3.48. The molecule has 0 amide bonds. The third-order valence-electron chi connectivity index (χ3n) is 5.70. The third-order valence-corrected chi connectivity index (χ3v) is 5.70. The first kappa shape index (κ1) is 23.3. The van der Waals surface area contributed by atoms with E-state index < -0.39 is 5.60 Å².